The molecule has 0 radical (unpaired) electrons. The minimum atomic E-state index is -0.500. The summed E-state index contributed by atoms with van der Waals surface area (Å²) >= 11 is 0. The predicted molar refractivity (Wildman–Crippen MR) is 25.5 cm³/mol. The molecule has 0 rings (SSSR count). The zero-order valence-corrected chi connectivity index (χ0v) is 4.67. The van der Waals surface area contributed by atoms with Crippen molar-refractivity contribution in [1.29, 1.82) is 0 Å². The lowest BCUT2D eigenvalue weighted by Gasteiger charge is -1.77. The monoisotopic (exact) mass is 121 g/mol. The molecular formula is C4H11NO3. The Bertz CT molecular complexity index is 38.3. The maximum Gasteiger partial charge on any atom is 0.0762 e. The molecular weight excluding hydrogens is 110 g/mol. The van der Waals surface area contributed by atoms with Crippen molar-refractivity contribution >= 4 is 6.47 Å². The van der Waals surface area contributed by atoms with Crippen molar-refractivity contribution in [2.45, 2.75) is 6.42 Å². The molecule has 50 valence electrons. The third-order valence-electron chi connectivity index (χ3n) is 0.408. The standard InChI is InChI=1S/C3H9NO.CH2O2/c4-2-1-3-5;2-1-3/h5H,1-4H2;1H,(H,2,3). The average molecular weight is 121 g/mol. The van der Waals surface area contributed by atoms with Gasteiger partial charge in [-0.05, 0) is 0 Å². The van der Waals surface area contributed by atoms with Crippen molar-refractivity contribution < 1.29 is 20.7 Å². The summed E-state index contributed by atoms with van der Waals surface area (Å²) in [5, 5.41) is 16.3. The second-order valence-corrected chi connectivity index (χ2v) is 1.03. The van der Waals surface area contributed by atoms with Gasteiger partial charge in [0, 0.05) is 19.5 Å². The summed E-state index contributed by atoms with van der Waals surface area (Å²) in [7, 11) is 0. The second kappa shape index (κ2) is 16.2. The summed E-state index contributed by atoms with van der Waals surface area (Å²) in [5.74, 6) is 0. The predicted octanol–water partition coefficient (Wildman–Crippen LogP) is -3.02. The van der Waals surface area contributed by atoms with E-state index in [1.54, 1.807) is 0 Å². The van der Waals surface area contributed by atoms with Crippen molar-refractivity contribution in [2.75, 3.05) is 13.2 Å². The fourth-order valence-corrected chi connectivity index (χ4v) is 0.112. The molecule has 0 fully saturated rings. The van der Waals surface area contributed by atoms with Crippen molar-refractivity contribution in [3.05, 3.63) is 0 Å². The molecule has 0 aliphatic rings. The number of aliphatic hydroxyl groups excluding tert-OH is 1. The van der Waals surface area contributed by atoms with Gasteiger partial charge >= 0.3 is 0 Å². The summed E-state index contributed by atoms with van der Waals surface area (Å²) in [6.07, 6.45) is 0.833. The quantitative estimate of drug-likeness (QED) is 0.381. The number of carboxylic acid groups (broad SMARTS) is 1. The van der Waals surface area contributed by atoms with Gasteiger partial charge in [0.1, 0.15) is 0 Å². The van der Waals surface area contributed by atoms with Gasteiger partial charge in [-0.1, -0.05) is 0 Å². The number of quaternary nitrogens is 1. The van der Waals surface area contributed by atoms with Gasteiger partial charge in [0.2, 0.25) is 0 Å². The molecule has 0 heterocycles. The summed E-state index contributed by atoms with van der Waals surface area (Å²) in [4.78, 5) is 8.25. The Hall–Kier alpha value is -0.610. The maximum atomic E-state index is 8.25. The topological polar surface area (TPSA) is 88.0 Å². The Balaban J connectivity index is 0. The van der Waals surface area contributed by atoms with Crippen molar-refractivity contribution in [3.63, 3.8) is 0 Å². The van der Waals surface area contributed by atoms with Gasteiger partial charge in [-0.2, -0.15) is 0 Å². The molecule has 0 spiro atoms. The summed E-state index contributed by atoms with van der Waals surface area (Å²) in [5.41, 5.74) is 3.52. The first-order chi connectivity index (χ1) is 3.83. The van der Waals surface area contributed by atoms with Gasteiger partial charge < -0.3 is 20.7 Å². The molecule has 0 bridgehead atoms. The Morgan fingerprint density at radius 1 is 1.75 bits per heavy atom. The highest BCUT2D eigenvalue weighted by atomic mass is 16.3. The highest BCUT2D eigenvalue weighted by Crippen LogP contribution is 1.60. The minimum Gasteiger partial charge on any atom is -0.554 e. The van der Waals surface area contributed by atoms with E-state index in [-0.39, 0.29) is 6.61 Å². The van der Waals surface area contributed by atoms with Crippen LogP contribution >= 0.6 is 0 Å². The number of carbonyl (C=O) groups is 1. The number of hydrogen-bond donors (Lipinski definition) is 2. The Morgan fingerprint density at radius 2 is 2.12 bits per heavy atom. The number of hydrogen-bond acceptors (Lipinski definition) is 3. The zero-order valence-electron chi connectivity index (χ0n) is 4.67. The van der Waals surface area contributed by atoms with Crippen LogP contribution in [0, 0.1) is 0 Å². The molecule has 0 aromatic carbocycles. The zero-order chi connectivity index (χ0) is 6.83. The van der Waals surface area contributed by atoms with E-state index in [1.807, 2.05) is 0 Å². The Labute approximate surface area is 47.9 Å². The minimum absolute atomic E-state index is 0.281. The second-order valence-electron chi connectivity index (χ2n) is 1.03. The molecule has 0 atom stereocenters. The summed E-state index contributed by atoms with van der Waals surface area (Å²) in [6.45, 7) is 0.625. The van der Waals surface area contributed by atoms with Gasteiger partial charge in [0.25, 0.3) is 0 Å². The van der Waals surface area contributed by atoms with Crippen LogP contribution in [0.15, 0.2) is 0 Å². The van der Waals surface area contributed by atoms with Crippen LogP contribution in [-0.2, 0) is 4.79 Å². The first-order valence-electron chi connectivity index (χ1n) is 2.29. The number of carbonyl (C=O) groups excluding carboxylic acids is 1. The number of rotatable bonds is 2. The lowest BCUT2D eigenvalue weighted by molar-refractivity contribution is -0.369. The van der Waals surface area contributed by atoms with Gasteiger partial charge in [0.05, 0.1) is 6.54 Å². The van der Waals surface area contributed by atoms with E-state index in [2.05, 4.69) is 5.73 Å². The van der Waals surface area contributed by atoms with E-state index in [0.29, 0.717) is 0 Å². The molecule has 0 unspecified atom stereocenters. The van der Waals surface area contributed by atoms with Crippen molar-refractivity contribution in [3.8, 4) is 0 Å². The molecule has 0 saturated carbocycles. The molecule has 0 aromatic rings. The molecule has 8 heavy (non-hydrogen) atoms. The summed E-state index contributed by atoms with van der Waals surface area (Å²) in [6, 6.07) is 0. The van der Waals surface area contributed by atoms with Crippen LogP contribution in [-0.4, -0.2) is 24.7 Å². The first kappa shape index (κ1) is 10.4. The van der Waals surface area contributed by atoms with E-state index in [1.165, 1.54) is 0 Å². The molecule has 0 aliphatic carbocycles. The highest BCUT2D eigenvalue weighted by Gasteiger charge is 1.72. The van der Waals surface area contributed by atoms with E-state index >= 15 is 0 Å². The number of aliphatic hydroxyl groups is 1. The van der Waals surface area contributed by atoms with E-state index in [9.17, 15) is 0 Å². The van der Waals surface area contributed by atoms with Gasteiger partial charge in [-0.15, -0.1) is 0 Å². The van der Waals surface area contributed by atoms with E-state index in [0.717, 1.165) is 13.0 Å². The highest BCUT2D eigenvalue weighted by molar-refractivity contribution is 5.29. The van der Waals surface area contributed by atoms with Gasteiger partial charge in [-0.3, -0.25) is 0 Å². The Kier molecular flexibility index (Phi) is 21.0. The van der Waals surface area contributed by atoms with Crippen LogP contribution in [0.3, 0.4) is 0 Å². The average Bonchev–Trinajstić information content (AvgIpc) is 1.71. The van der Waals surface area contributed by atoms with Crippen LogP contribution in [0.2, 0.25) is 0 Å². The van der Waals surface area contributed by atoms with Crippen LogP contribution < -0.4 is 10.8 Å². The van der Waals surface area contributed by atoms with Crippen LogP contribution in [0.4, 0.5) is 0 Å². The SMILES string of the molecule is O=C[O-].[NH3+]CCCO. The normalized spacial score (nSPS) is 6.75. The third-order valence-corrected chi connectivity index (χ3v) is 0.408. The fourth-order valence-electron chi connectivity index (χ4n) is 0.112. The van der Waals surface area contributed by atoms with Crippen molar-refractivity contribution in [1.82, 2.24) is 0 Å². The largest absolute Gasteiger partial charge is 0.554 e. The van der Waals surface area contributed by atoms with E-state index in [4.69, 9.17) is 15.0 Å². The maximum absolute atomic E-state index is 8.25. The van der Waals surface area contributed by atoms with Crippen molar-refractivity contribution in [2.24, 2.45) is 0 Å². The molecule has 0 saturated heterocycles. The first-order valence-corrected chi connectivity index (χ1v) is 2.29. The molecule has 4 nitrogen and oxygen atoms in total. The van der Waals surface area contributed by atoms with Crippen LogP contribution in [0.25, 0.3) is 0 Å². The smallest absolute Gasteiger partial charge is 0.0762 e. The molecule has 4 N–H and O–H groups in total. The fraction of sp³-hybridized carbons (Fsp3) is 0.750. The van der Waals surface area contributed by atoms with Crippen LogP contribution in [0.1, 0.15) is 6.42 Å². The lowest BCUT2D eigenvalue weighted by atomic mass is 10.5. The molecule has 0 aromatic heterocycles. The summed E-state index contributed by atoms with van der Waals surface area (Å²) < 4.78 is 0. The Morgan fingerprint density at radius 3 is 2.12 bits per heavy atom. The van der Waals surface area contributed by atoms with Gasteiger partial charge in [0.15, 0.2) is 0 Å². The third kappa shape index (κ3) is 53.8. The lowest BCUT2D eigenvalue weighted by Crippen LogP contribution is -2.50. The van der Waals surface area contributed by atoms with E-state index < -0.39 is 6.47 Å². The molecule has 0 amide bonds. The molecule has 4 heteroatoms. The van der Waals surface area contributed by atoms with Crippen LogP contribution in [0.5, 0.6) is 0 Å². The molecule has 0 aliphatic heterocycles. The van der Waals surface area contributed by atoms with Gasteiger partial charge in [-0.25, -0.2) is 0 Å².